The third-order valence-corrected chi connectivity index (χ3v) is 3.67. The smallest absolute Gasteiger partial charge is 0.194 e. The average molecular weight is 206 g/mol. The van der Waals surface area contributed by atoms with Gasteiger partial charge in [-0.15, -0.1) is 0 Å². The van der Waals surface area contributed by atoms with E-state index in [1.54, 1.807) is 0 Å². The number of aromatic nitrogens is 1. The van der Waals surface area contributed by atoms with Gasteiger partial charge in [0.05, 0.1) is 5.69 Å². The number of nitrogens with zero attached hydrogens (tertiary/aromatic N) is 1. The van der Waals surface area contributed by atoms with Gasteiger partial charge in [0.15, 0.2) is 5.89 Å². The van der Waals surface area contributed by atoms with Crippen LogP contribution in [0.5, 0.6) is 0 Å². The highest BCUT2D eigenvalue weighted by Gasteiger charge is 2.23. The Labute approximate surface area is 90.3 Å². The van der Waals surface area contributed by atoms with Gasteiger partial charge in [0.25, 0.3) is 0 Å². The molecular weight excluding hydrogens is 188 g/mol. The fourth-order valence-electron chi connectivity index (χ4n) is 2.57. The lowest BCUT2D eigenvalue weighted by molar-refractivity contribution is 0.318. The van der Waals surface area contributed by atoms with Gasteiger partial charge in [0, 0.05) is 12.3 Å². The molecule has 0 unspecified atom stereocenters. The van der Waals surface area contributed by atoms with Crippen molar-refractivity contribution in [1.82, 2.24) is 10.3 Å². The summed E-state index contributed by atoms with van der Waals surface area (Å²) in [5.41, 5.74) is 1.20. The highest BCUT2D eigenvalue weighted by Crippen LogP contribution is 2.33. The fourth-order valence-corrected chi connectivity index (χ4v) is 2.57. The summed E-state index contributed by atoms with van der Waals surface area (Å²) in [6.07, 6.45) is 8.23. The first-order valence-electron chi connectivity index (χ1n) is 6.07. The van der Waals surface area contributed by atoms with Crippen LogP contribution in [0.4, 0.5) is 0 Å². The second-order valence-electron chi connectivity index (χ2n) is 4.88. The van der Waals surface area contributed by atoms with E-state index in [0.717, 1.165) is 31.3 Å². The van der Waals surface area contributed by atoms with Gasteiger partial charge in [-0.2, -0.15) is 0 Å². The number of rotatable bonds is 3. The second-order valence-corrected chi connectivity index (χ2v) is 4.88. The minimum Gasteiger partial charge on any atom is -0.449 e. The van der Waals surface area contributed by atoms with Crippen LogP contribution in [0.2, 0.25) is 0 Å². The number of hydrogen-bond donors (Lipinski definition) is 1. The SMILES string of the molecule is c1oc(CC2CNC2)nc1C1CCCC1. The molecule has 1 saturated heterocycles. The minimum atomic E-state index is 0.682. The molecule has 1 aliphatic heterocycles. The summed E-state index contributed by atoms with van der Waals surface area (Å²) < 4.78 is 5.54. The van der Waals surface area contributed by atoms with Crippen LogP contribution in [0, 0.1) is 5.92 Å². The molecule has 1 aromatic rings. The van der Waals surface area contributed by atoms with Gasteiger partial charge in [-0.05, 0) is 31.8 Å². The summed E-state index contributed by atoms with van der Waals surface area (Å²) in [5, 5.41) is 3.27. The molecule has 0 spiro atoms. The molecule has 1 aliphatic carbocycles. The summed E-state index contributed by atoms with van der Waals surface area (Å²) in [7, 11) is 0. The van der Waals surface area contributed by atoms with Crippen LogP contribution in [0.3, 0.4) is 0 Å². The maximum Gasteiger partial charge on any atom is 0.194 e. The zero-order valence-electron chi connectivity index (χ0n) is 9.04. The van der Waals surface area contributed by atoms with Crippen LogP contribution in [0.1, 0.15) is 43.2 Å². The zero-order chi connectivity index (χ0) is 10.1. The average Bonchev–Trinajstić information content (AvgIpc) is 2.82. The molecule has 0 amide bonds. The van der Waals surface area contributed by atoms with Gasteiger partial charge in [-0.3, -0.25) is 0 Å². The Kier molecular flexibility index (Phi) is 2.49. The predicted octanol–water partition coefficient (Wildman–Crippen LogP) is 2.09. The molecule has 2 aliphatic rings. The van der Waals surface area contributed by atoms with E-state index in [4.69, 9.17) is 4.42 Å². The van der Waals surface area contributed by atoms with Gasteiger partial charge >= 0.3 is 0 Å². The van der Waals surface area contributed by atoms with E-state index in [1.807, 2.05) is 6.26 Å². The van der Waals surface area contributed by atoms with Crippen LogP contribution < -0.4 is 5.32 Å². The molecule has 1 aromatic heterocycles. The first-order valence-corrected chi connectivity index (χ1v) is 6.07. The van der Waals surface area contributed by atoms with Crippen LogP contribution in [0.25, 0.3) is 0 Å². The maximum absolute atomic E-state index is 5.54. The molecular formula is C12H18N2O. The quantitative estimate of drug-likeness (QED) is 0.823. The summed E-state index contributed by atoms with van der Waals surface area (Å²) >= 11 is 0. The Bertz CT molecular complexity index is 324. The van der Waals surface area contributed by atoms with Gasteiger partial charge < -0.3 is 9.73 Å². The van der Waals surface area contributed by atoms with E-state index >= 15 is 0 Å². The molecule has 3 rings (SSSR count). The minimum absolute atomic E-state index is 0.682. The Balaban J connectivity index is 1.64. The number of hydrogen-bond acceptors (Lipinski definition) is 3. The standard InChI is InChI=1S/C12H18N2O/c1-2-4-10(3-1)11-8-15-12(14-11)5-9-6-13-7-9/h8-10,13H,1-7H2. The molecule has 0 atom stereocenters. The van der Waals surface area contributed by atoms with E-state index in [1.165, 1.54) is 31.4 Å². The van der Waals surface area contributed by atoms with Crippen molar-refractivity contribution in [3.05, 3.63) is 17.8 Å². The van der Waals surface area contributed by atoms with Gasteiger partial charge in [0.2, 0.25) is 0 Å². The van der Waals surface area contributed by atoms with E-state index in [-0.39, 0.29) is 0 Å². The molecule has 0 radical (unpaired) electrons. The van der Waals surface area contributed by atoms with Crippen molar-refractivity contribution in [1.29, 1.82) is 0 Å². The predicted molar refractivity (Wildman–Crippen MR) is 57.8 cm³/mol. The molecule has 3 nitrogen and oxygen atoms in total. The molecule has 2 fully saturated rings. The third-order valence-electron chi connectivity index (χ3n) is 3.67. The number of nitrogens with one attached hydrogen (secondary N) is 1. The molecule has 1 N–H and O–H groups in total. The lowest BCUT2D eigenvalue weighted by Crippen LogP contribution is -2.43. The van der Waals surface area contributed by atoms with Crippen LogP contribution in [0.15, 0.2) is 10.7 Å². The zero-order valence-corrected chi connectivity index (χ0v) is 9.04. The lowest BCUT2D eigenvalue weighted by atomic mass is 9.99. The summed E-state index contributed by atoms with van der Waals surface area (Å²) in [6.45, 7) is 2.25. The summed E-state index contributed by atoms with van der Waals surface area (Å²) in [6, 6.07) is 0. The molecule has 15 heavy (non-hydrogen) atoms. The van der Waals surface area contributed by atoms with Crippen LogP contribution in [-0.2, 0) is 6.42 Å². The van der Waals surface area contributed by atoms with E-state index < -0.39 is 0 Å². The molecule has 1 saturated carbocycles. The lowest BCUT2D eigenvalue weighted by Gasteiger charge is -2.25. The largest absolute Gasteiger partial charge is 0.449 e. The van der Waals surface area contributed by atoms with Gasteiger partial charge in [-0.25, -0.2) is 4.98 Å². The van der Waals surface area contributed by atoms with E-state index in [0.29, 0.717) is 5.92 Å². The topological polar surface area (TPSA) is 38.1 Å². The molecule has 2 heterocycles. The molecule has 0 bridgehead atoms. The van der Waals surface area contributed by atoms with Crippen LogP contribution in [-0.4, -0.2) is 18.1 Å². The molecule has 3 heteroatoms. The first kappa shape index (κ1) is 9.40. The normalized spacial score (nSPS) is 23.2. The van der Waals surface area contributed by atoms with E-state index in [9.17, 15) is 0 Å². The Morgan fingerprint density at radius 3 is 2.80 bits per heavy atom. The van der Waals surface area contributed by atoms with Crippen molar-refractivity contribution < 1.29 is 4.42 Å². The van der Waals surface area contributed by atoms with E-state index in [2.05, 4.69) is 10.3 Å². The number of oxazole rings is 1. The van der Waals surface area contributed by atoms with Crippen LogP contribution >= 0.6 is 0 Å². The highest BCUT2D eigenvalue weighted by molar-refractivity contribution is 5.06. The van der Waals surface area contributed by atoms with Gasteiger partial charge in [-0.1, -0.05) is 12.8 Å². The van der Waals surface area contributed by atoms with Gasteiger partial charge in [0.1, 0.15) is 6.26 Å². The Hall–Kier alpha value is -0.830. The van der Waals surface area contributed by atoms with Crippen molar-refractivity contribution >= 4 is 0 Å². The van der Waals surface area contributed by atoms with Crippen molar-refractivity contribution in [2.24, 2.45) is 5.92 Å². The second kappa shape index (κ2) is 3.97. The molecule has 82 valence electrons. The fraction of sp³-hybridized carbons (Fsp3) is 0.750. The summed E-state index contributed by atoms with van der Waals surface area (Å²) in [4.78, 5) is 4.62. The first-order chi connectivity index (χ1) is 7.42. The highest BCUT2D eigenvalue weighted by atomic mass is 16.3. The third kappa shape index (κ3) is 1.93. The van der Waals surface area contributed by atoms with Crippen molar-refractivity contribution in [3.8, 4) is 0 Å². The van der Waals surface area contributed by atoms with Crippen molar-refractivity contribution in [2.45, 2.75) is 38.0 Å². The monoisotopic (exact) mass is 206 g/mol. The molecule has 0 aromatic carbocycles. The van der Waals surface area contributed by atoms with Crippen molar-refractivity contribution in [3.63, 3.8) is 0 Å². The summed E-state index contributed by atoms with van der Waals surface area (Å²) in [5.74, 6) is 2.38. The maximum atomic E-state index is 5.54. The Morgan fingerprint density at radius 1 is 1.33 bits per heavy atom. The Morgan fingerprint density at radius 2 is 2.13 bits per heavy atom. The van der Waals surface area contributed by atoms with Crippen molar-refractivity contribution in [2.75, 3.05) is 13.1 Å².